The smallest absolute Gasteiger partial charge is 0.411 e. The molecule has 2 aromatic heterocycles. The van der Waals surface area contributed by atoms with E-state index >= 15 is 0 Å². The number of methoxy groups -OCH3 is 1. The Morgan fingerprint density at radius 2 is 1.88 bits per heavy atom. The second kappa shape index (κ2) is 9.57. The van der Waals surface area contributed by atoms with Crippen LogP contribution in [0.25, 0.3) is 22.3 Å². The van der Waals surface area contributed by atoms with Crippen LogP contribution < -0.4 is 14.2 Å². The molecule has 40 heavy (non-hydrogen) atoms. The van der Waals surface area contributed by atoms with Crippen LogP contribution in [0.5, 0.6) is 17.6 Å². The van der Waals surface area contributed by atoms with Gasteiger partial charge in [0, 0.05) is 48.6 Å². The number of aromatic nitrogens is 3. The number of carbonyl (C=O) groups is 1. The van der Waals surface area contributed by atoms with Gasteiger partial charge >= 0.3 is 6.09 Å². The van der Waals surface area contributed by atoms with Crippen LogP contribution in [0.2, 0.25) is 0 Å². The topological polar surface area (TPSA) is 95.9 Å². The Labute approximate surface area is 230 Å². The van der Waals surface area contributed by atoms with Crippen molar-refractivity contribution in [1.82, 2.24) is 20.1 Å². The molecule has 0 aliphatic carbocycles. The molecule has 0 N–H and O–H groups in total. The van der Waals surface area contributed by atoms with Crippen LogP contribution in [0.4, 0.5) is 13.6 Å². The number of pyridine rings is 1. The molecule has 0 radical (unpaired) electrons. The fourth-order valence-electron chi connectivity index (χ4n) is 5.71. The molecule has 2 saturated heterocycles. The predicted octanol–water partition coefficient (Wildman–Crippen LogP) is 5.66. The van der Waals surface area contributed by atoms with Gasteiger partial charge < -0.3 is 18.9 Å². The molecule has 11 heteroatoms. The molecule has 210 valence electrons. The summed E-state index contributed by atoms with van der Waals surface area (Å²) < 4.78 is 52.3. The van der Waals surface area contributed by atoms with Crippen molar-refractivity contribution in [1.29, 1.82) is 0 Å². The first kappa shape index (κ1) is 26.2. The minimum atomic E-state index is -3.01. The summed E-state index contributed by atoms with van der Waals surface area (Å²) in [5, 5.41) is 7.90. The second-order valence-electron chi connectivity index (χ2n) is 11.4. The highest BCUT2D eigenvalue weighted by Crippen LogP contribution is 2.47. The van der Waals surface area contributed by atoms with Crippen LogP contribution in [-0.4, -0.2) is 63.0 Å². The summed E-state index contributed by atoms with van der Waals surface area (Å²) in [5.74, 6) is -1.86. The molecule has 3 aliphatic rings. The van der Waals surface area contributed by atoms with Crippen LogP contribution >= 0.6 is 0 Å². The SMILES string of the molecule is COc1cc(-c2ccc3c(c2)COc2nc(OC4CC5CC(F)(F)C(C4)N5C(=O)OC(C)(C)C)ccc2-3)cnn1. The highest BCUT2D eigenvalue weighted by atomic mass is 19.3. The number of amides is 1. The van der Waals surface area contributed by atoms with Gasteiger partial charge in [0.2, 0.25) is 17.6 Å². The average molecular weight is 553 g/mol. The van der Waals surface area contributed by atoms with Crippen molar-refractivity contribution in [2.24, 2.45) is 0 Å². The molecule has 6 rings (SSSR count). The van der Waals surface area contributed by atoms with Crippen molar-refractivity contribution in [3.05, 3.63) is 48.2 Å². The van der Waals surface area contributed by atoms with Crippen molar-refractivity contribution in [2.45, 2.75) is 76.4 Å². The minimum Gasteiger partial charge on any atom is -0.480 e. The number of piperidine rings is 1. The largest absolute Gasteiger partial charge is 0.480 e. The predicted molar refractivity (Wildman–Crippen MR) is 140 cm³/mol. The van der Waals surface area contributed by atoms with E-state index in [0.29, 0.717) is 24.2 Å². The summed E-state index contributed by atoms with van der Waals surface area (Å²) in [5.41, 5.74) is 3.86. The van der Waals surface area contributed by atoms with E-state index in [9.17, 15) is 13.6 Å². The molecule has 0 saturated carbocycles. The van der Waals surface area contributed by atoms with Gasteiger partial charge in [-0.15, -0.1) is 5.10 Å². The summed E-state index contributed by atoms with van der Waals surface area (Å²) in [7, 11) is 1.54. The normalized spacial score (nSPS) is 22.6. The highest BCUT2D eigenvalue weighted by Gasteiger charge is 2.60. The molecule has 0 spiro atoms. The number of rotatable bonds is 4. The zero-order valence-corrected chi connectivity index (χ0v) is 22.7. The van der Waals surface area contributed by atoms with Gasteiger partial charge in [-0.1, -0.05) is 12.1 Å². The first-order chi connectivity index (χ1) is 19.0. The van der Waals surface area contributed by atoms with E-state index in [1.165, 1.54) is 4.90 Å². The second-order valence-corrected chi connectivity index (χ2v) is 11.4. The molecule has 2 fully saturated rings. The van der Waals surface area contributed by atoms with Crippen molar-refractivity contribution in [3.8, 4) is 39.9 Å². The highest BCUT2D eigenvalue weighted by molar-refractivity contribution is 5.77. The van der Waals surface area contributed by atoms with Crippen LogP contribution in [0.15, 0.2) is 42.6 Å². The lowest BCUT2D eigenvalue weighted by Crippen LogP contribution is -2.53. The molecule has 3 atom stereocenters. The Hall–Kier alpha value is -4.02. The van der Waals surface area contributed by atoms with Gasteiger partial charge in [-0.25, -0.2) is 13.6 Å². The Balaban J connectivity index is 1.18. The van der Waals surface area contributed by atoms with Gasteiger partial charge in [-0.3, -0.25) is 4.90 Å². The van der Waals surface area contributed by atoms with Crippen LogP contribution in [0, 0.1) is 0 Å². The number of fused-ring (bicyclic) bond motifs is 5. The van der Waals surface area contributed by atoms with E-state index in [2.05, 4.69) is 15.2 Å². The number of halogens is 2. The summed E-state index contributed by atoms with van der Waals surface area (Å²) in [4.78, 5) is 18.5. The molecule has 1 amide bonds. The van der Waals surface area contributed by atoms with E-state index in [-0.39, 0.29) is 12.8 Å². The number of carbonyl (C=O) groups excluding carboxylic acids is 1. The molecule has 1 aromatic carbocycles. The van der Waals surface area contributed by atoms with Crippen molar-refractivity contribution >= 4 is 6.09 Å². The van der Waals surface area contributed by atoms with E-state index < -0.39 is 42.2 Å². The quantitative estimate of drug-likeness (QED) is 0.409. The first-order valence-electron chi connectivity index (χ1n) is 13.2. The lowest BCUT2D eigenvalue weighted by molar-refractivity contribution is -0.0608. The fourth-order valence-corrected chi connectivity index (χ4v) is 5.71. The lowest BCUT2D eigenvalue weighted by atomic mass is 9.95. The Morgan fingerprint density at radius 3 is 2.62 bits per heavy atom. The first-order valence-corrected chi connectivity index (χ1v) is 13.2. The monoisotopic (exact) mass is 552 g/mol. The molecule has 3 aromatic rings. The van der Waals surface area contributed by atoms with Gasteiger partial charge in [0.15, 0.2) is 0 Å². The third kappa shape index (κ3) is 4.89. The molecule has 3 unspecified atom stereocenters. The lowest BCUT2D eigenvalue weighted by Gasteiger charge is -2.39. The zero-order chi connectivity index (χ0) is 28.2. The number of hydrogen-bond acceptors (Lipinski definition) is 8. The Bertz CT molecular complexity index is 1460. The van der Waals surface area contributed by atoms with E-state index in [4.69, 9.17) is 18.9 Å². The average Bonchev–Trinajstić information content (AvgIpc) is 3.08. The van der Waals surface area contributed by atoms with Gasteiger partial charge in [0.1, 0.15) is 24.4 Å². The van der Waals surface area contributed by atoms with Gasteiger partial charge in [0.05, 0.1) is 13.3 Å². The van der Waals surface area contributed by atoms with Crippen molar-refractivity contribution in [2.75, 3.05) is 7.11 Å². The van der Waals surface area contributed by atoms with Crippen molar-refractivity contribution in [3.63, 3.8) is 0 Å². The van der Waals surface area contributed by atoms with Gasteiger partial charge in [-0.2, -0.15) is 10.1 Å². The third-order valence-corrected chi connectivity index (χ3v) is 7.41. The molecule has 9 nitrogen and oxygen atoms in total. The van der Waals surface area contributed by atoms with E-state index in [1.807, 2.05) is 30.3 Å². The Kier molecular flexibility index (Phi) is 6.27. The van der Waals surface area contributed by atoms with Crippen LogP contribution in [-0.2, 0) is 11.3 Å². The van der Waals surface area contributed by atoms with Gasteiger partial charge in [0.25, 0.3) is 5.92 Å². The fraction of sp³-hybridized carbons (Fsp3) is 0.448. The molecule has 5 heterocycles. The number of nitrogens with zero attached hydrogens (tertiary/aromatic N) is 4. The van der Waals surface area contributed by atoms with Crippen molar-refractivity contribution < 1.29 is 32.5 Å². The third-order valence-electron chi connectivity index (χ3n) is 7.41. The molecule has 3 aliphatic heterocycles. The summed E-state index contributed by atoms with van der Waals surface area (Å²) in [6, 6.07) is 9.49. The standard InChI is InChI=1S/C29H30F2N4O5/c1-28(2,3)40-27(36)35-19-11-20(12-23(35)29(30,31)13-19)39-24-8-7-22-21-6-5-16(9-18(21)15-38-26(22)33-24)17-10-25(37-4)34-32-14-17/h5-10,14,19-20,23H,11-13,15H2,1-4H3. The van der Waals surface area contributed by atoms with E-state index in [0.717, 1.165) is 27.8 Å². The zero-order valence-electron chi connectivity index (χ0n) is 22.7. The summed E-state index contributed by atoms with van der Waals surface area (Å²) >= 11 is 0. The van der Waals surface area contributed by atoms with Crippen LogP contribution in [0.3, 0.4) is 0 Å². The number of hydrogen-bond donors (Lipinski definition) is 0. The number of benzene rings is 1. The summed E-state index contributed by atoms with van der Waals surface area (Å²) in [6.07, 6.45) is 0.302. The Morgan fingerprint density at radius 1 is 1.07 bits per heavy atom. The van der Waals surface area contributed by atoms with Gasteiger partial charge in [-0.05, 0) is 49.6 Å². The van der Waals surface area contributed by atoms with Crippen LogP contribution in [0.1, 0.15) is 45.6 Å². The van der Waals surface area contributed by atoms with E-state index in [1.54, 1.807) is 40.1 Å². The maximum atomic E-state index is 14.8. The number of alkyl halides is 2. The number of ether oxygens (including phenoxy) is 4. The maximum Gasteiger partial charge on any atom is 0.411 e. The summed E-state index contributed by atoms with van der Waals surface area (Å²) in [6.45, 7) is 5.47. The maximum absolute atomic E-state index is 14.8. The molecular weight excluding hydrogens is 522 g/mol. The molecular formula is C29H30F2N4O5. The minimum absolute atomic E-state index is 0.0113. The molecule has 2 bridgehead atoms.